The summed E-state index contributed by atoms with van der Waals surface area (Å²) in [5.74, 6) is 0.446. The lowest BCUT2D eigenvalue weighted by Crippen LogP contribution is -2.40. The van der Waals surface area contributed by atoms with Gasteiger partial charge in [0.2, 0.25) is 0 Å². The molecule has 2 nitrogen and oxygen atoms in total. The number of rotatable bonds is 1. The summed E-state index contributed by atoms with van der Waals surface area (Å²) in [5, 5.41) is 0. The van der Waals surface area contributed by atoms with Gasteiger partial charge in [-0.15, -0.1) is 0 Å². The monoisotopic (exact) mass is 204 g/mol. The van der Waals surface area contributed by atoms with Crippen molar-refractivity contribution in [3.63, 3.8) is 0 Å². The van der Waals surface area contributed by atoms with Crippen molar-refractivity contribution in [3.8, 4) is 0 Å². The molecule has 2 N–H and O–H groups in total. The van der Waals surface area contributed by atoms with E-state index in [0.717, 1.165) is 12.8 Å². The Labute approximate surface area is 91.9 Å². The molecule has 2 atom stereocenters. The van der Waals surface area contributed by atoms with Crippen LogP contribution in [0.3, 0.4) is 0 Å². The van der Waals surface area contributed by atoms with Crippen molar-refractivity contribution in [3.05, 3.63) is 29.6 Å². The van der Waals surface area contributed by atoms with E-state index in [2.05, 4.69) is 31.8 Å². The zero-order valence-corrected chi connectivity index (χ0v) is 9.83. The number of nitrogens with zero attached hydrogens (tertiary/aromatic N) is 1. The highest BCUT2D eigenvalue weighted by Gasteiger charge is 2.34. The van der Waals surface area contributed by atoms with Gasteiger partial charge in [-0.25, -0.2) is 0 Å². The summed E-state index contributed by atoms with van der Waals surface area (Å²) in [6, 6.07) is 4.40. The van der Waals surface area contributed by atoms with E-state index in [4.69, 9.17) is 5.73 Å². The average Bonchev–Trinajstić information content (AvgIpc) is 2.58. The molecule has 0 spiro atoms. The fraction of sp³-hybridized carbons (Fsp3) is 0.615. The molecule has 1 aromatic rings. The van der Waals surface area contributed by atoms with Crippen LogP contribution in [0.4, 0.5) is 0 Å². The number of aryl methyl sites for hydroxylation is 1. The summed E-state index contributed by atoms with van der Waals surface area (Å²) >= 11 is 0. The Kier molecular flexibility index (Phi) is 2.55. The van der Waals surface area contributed by atoms with Crippen molar-refractivity contribution < 1.29 is 0 Å². The molecule has 2 rings (SSSR count). The molecule has 15 heavy (non-hydrogen) atoms. The quantitative estimate of drug-likeness (QED) is 0.763. The van der Waals surface area contributed by atoms with Crippen molar-refractivity contribution in [1.82, 2.24) is 4.98 Å². The Hall–Kier alpha value is -0.890. The van der Waals surface area contributed by atoms with Crippen LogP contribution in [-0.2, 0) is 6.42 Å². The number of nitrogens with two attached hydrogens (primary N) is 1. The number of aromatic nitrogens is 1. The maximum absolute atomic E-state index is 6.33. The molecule has 82 valence electrons. The number of pyridine rings is 1. The summed E-state index contributed by atoms with van der Waals surface area (Å²) in [7, 11) is 0. The van der Waals surface area contributed by atoms with E-state index in [1.807, 2.05) is 12.3 Å². The highest BCUT2D eigenvalue weighted by Crippen LogP contribution is 2.38. The van der Waals surface area contributed by atoms with E-state index in [1.54, 1.807) is 0 Å². The predicted octanol–water partition coefficient (Wildman–Crippen LogP) is 2.48. The first-order valence-corrected chi connectivity index (χ1v) is 5.69. The van der Waals surface area contributed by atoms with Gasteiger partial charge >= 0.3 is 0 Å². The van der Waals surface area contributed by atoms with Crippen LogP contribution in [0.15, 0.2) is 18.3 Å². The van der Waals surface area contributed by atoms with E-state index < -0.39 is 0 Å². The lowest BCUT2D eigenvalue weighted by molar-refractivity contribution is 0.277. The Balaban J connectivity index is 2.28. The Morgan fingerprint density at radius 1 is 1.47 bits per heavy atom. The molecule has 0 aliphatic heterocycles. The molecule has 2 unspecified atom stereocenters. The van der Waals surface area contributed by atoms with Gasteiger partial charge in [0.05, 0.1) is 0 Å². The first kappa shape index (κ1) is 10.6. The van der Waals surface area contributed by atoms with Gasteiger partial charge in [0.25, 0.3) is 0 Å². The standard InChI is InChI=1S/C13H20N2/c1-13(2,3)12(14)10-7-6-9-5-4-8-15-11(9)10/h4-5,8,10,12H,6-7,14H2,1-3H3. The lowest BCUT2D eigenvalue weighted by Gasteiger charge is -2.32. The van der Waals surface area contributed by atoms with Crippen molar-refractivity contribution in [1.29, 1.82) is 0 Å². The molecule has 0 radical (unpaired) electrons. The summed E-state index contributed by atoms with van der Waals surface area (Å²) < 4.78 is 0. The van der Waals surface area contributed by atoms with Crippen molar-refractivity contribution in [2.75, 3.05) is 0 Å². The maximum atomic E-state index is 6.33. The molecule has 0 saturated heterocycles. The van der Waals surface area contributed by atoms with E-state index in [-0.39, 0.29) is 11.5 Å². The average molecular weight is 204 g/mol. The molecule has 2 heteroatoms. The Morgan fingerprint density at radius 2 is 2.20 bits per heavy atom. The summed E-state index contributed by atoms with van der Waals surface area (Å²) in [6.07, 6.45) is 4.18. The van der Waals surface area contributed by atoms with Crippen molar-refractivity contribution in [2.45, 2.75) is 45.6 Å². The van der Waals surface area contributed by atoms with Gasteiger partial charge in [-0.05, 0) is 29.9 Å². The third-order valence-electron chi connectivity index (χ3n) is 3.44. The lowest BCUT2D eigenvalue weighted by atomic mass is 9.78. The van der Waals surface area contributed by atoms with Crippen LogP contribution in [0, 0.1) is 5.41 Å². The molecule has 0 amide bonds. The van der Waals surface area contributed by atoms with Gasteiger partial charge in [0, 0.05) is 23.9 Å². The molecule has 1 aliphatic carbocycles. The van der Waals surface area contributed by atoms with E-state index >= 15 is 0 Å². The second-order valence-corrected chi connectivity index (χ2v) is 5.58. The zero-order valence-electron chi connectivity index (χ0n) is 9.83. The second-order valence-electron chi connectivity index (χ2n) is 5.58. The largest absolute Gasteiger partial charge is 0.327 e. The fourth-order valence-corrected chi connectivity index (χ4v) is 2.40. The van der Waals surface area contributed by atoms with Crippen LogP contribution in [0.5, 0.6) is 0 Å². The van der Waals surface area contributed by atoms with E-state index in [1.165, 1.54) is 11.3 Å². The van der Waals surface area contributed by atoms with Crippen molar-refractivity contribution >= 4 is 0 Å². The molecular formula is C13H20N2. The molecule has 0 fully saturated rings. The fourth-order valence-electron chi connectivity index (χ4n) is 2.40. The summed E-state index contributed by atoms with van der Waals surface area (Å²) in [5.41, 5.74) is 9.11. The molecule has 1 aliphatic rings. The minimum absolute atomic E-state index is 0.157. The van der Waals surface area contributed by atoms with Gasteiger partial charge in [-0.3, -0.25) is 4.98 Å². The minimum atomic E-state index is 0.157. The maximum Gasteiger partial charge on any atom is 0.0482 e. The third-order valence-corrected chi connectivity index (χ3v) is 3.44. The predicted molar refractivity (Wildman–Crippen MR) is 62.7 cm³/mol. The second kappa shape index (κ2) is 3.60. The van der Waals surface area contributed by atoms with E-state index in [0.29, 0.717) is 5.92 Å². The summed E-state index contributed by atoms with van der Waals surface area (Å²) in [6.45, 7) is 6.62. The molecule has 0 saturated carbocycles. The smallest absolute Gasteiger partial charge is 0.0482 e. The van der Waals surface area contributed by atoms with Crippen LogP contribution < -0.4 is 5.73 Å². The van der Waals surface area contributed by atoms with Crippen LogP contribution in [0.2, 0.25) is 0 Å². The summed E-state index contributed by atoms with van der Waals surface area (Å²) in [4.78, 5) is 4.50. The first-order valence-electron chi connectivity index (χ1n) is 5.69. The van der Waals surface area contributed by atoms with Crippen LogP contribution in [-0.4, -0.2) is 11.0 Å². The van der Waals surface area contributed by atoms with Gasteiger partial charge in [0.1, 0.15) is 0 Å². The number of fused-ring (bicyclic) bond motifs is 1. The van der Waals surface area contributed by atoms with Gasteiger partial charge in [0.15, 0.2) is 0 Å². The highest BCUT2D eigenvalue weighted by atomic mass is 14.8. The first-order chi connectivity index (χ1) is 7.00. The molecule has 0 bridgehead atoms. The number of hydrogen-bond acceptors (Lipinski definition) is 2. The van der Waals surface area contributed by atoms with Crippen molar-refractivity contribution in [2.24, 2.45) is 11.1 Å². The van der Waals surface area contributed by atoms with Gasteiger partial charge < -0.3 is 5.73 Å². The Bertz CT molecular complexity index is 352. The number of hydrogen-bond donors (Lipinski definition) is 1. The topological polar surface area (TPSA) is 38.9 Å². The Morgan fingerprint density at radius 3 is 2.87 bits per heavy atom. The third kappa shape index (κ3) is 1.91. The molecule has 0 aromatic carbocycles. The molecular weight excluding hydrogens is 184 g/mol. The normalized spacial score (nSPS) is 22.5. The van der Waals surface area contributed by atoms with Crippen LogP contribution in [0.1, 0.15) is 44.4 Å². The molecule has 1 heterocycles. The SMILES string of the molecule is CC(C)(C)C(N)C1CCc2cccnc21. The minimum Gasteiger partial charge on any atom is -0.327 e. The van der Waals surface area contributed by atoms with Crippen LogP contribution >= 0.6 is 0 Å². The van der Waals surface area contributed by atoms with Gasteiger partial charge in [-0.1, -0.05) is 26.8 Å². The van der Waals surface area contributed by atoms with Gasteiger partial charge in [-0.2, -0.15) is 0 Å². The zero-order chi connectivity index (χ0) is 11.1. The highest BCUT2D eigenvalue weighted by molar-refractivity contribution is 5.30. The van der Waals surface area contributed by atoms with Crippen LogP contribution in [0.25, 0.3) is 0 Å². The van der Waals surface area contributed by atoms with E-state index in [9.17, 15) is 0 Å². The molecule has 1 aromatic heterocycles.